The summed E-state index contributed by atoms with van der Waals surface area (Å²) in [5.41, 5.74) is -1.08. The molecule has 14 heavy (non-hydrogen) atoms. The van der Waals surface area contributed by atoms with E-state index in [1.165, 1.54) is 6.07 Å². The number of halogens is 3. The monoisotopic (exact) mass is 219 g/mol. The van der Waals surface area contributed by atoms with Crippen molar-refractivity contribution in [2.45, 2.75) is 6.18 Å². The summed E-state index contributed by atoms with van der Waals surface area (Å²) in [6, 6.07) is 3.07. The number of benzene rings is 1. The highest BCUT2D eigenvalue weighted by atomic mass is 32.1. The molecule has 2 rings (SSSR count). The summed E-state index contributed by atoms with van der Waals surface area (Å²) in [7, 11) is 0. The van der Waals surface area contributed by atoms with Gasteiger partial charge in [-0.15, -0.1) is 0 Å². The fourth-order valence-electron chi connectivity index (χ4n) is 1.13. The van der Waals surface area contributed by atoms with Crippen molar-refractivity contribution in [2.75, 3.05) is 0 Å². The minimum atomic E-state index is -4.36. The SMILES string of the molecule is O=c1[nH]sc2cc(C(F)(F)F)ccc12. The molecule has 1 N–H and O–H groups in total. The van der Waals surface area contributed by atoms with E-state index in [9.17, 15) is 18.0 Å². The molecule has 2 aromatic rings. The molecule has 2 nitrogen and oxygen atoms in total. The Balaban J connectivity index is 2.69. The van der Waals surface area contributed by atoms with Crippen LogP contribution in [0.1, 0.15) is 5.56 Å². The van der Waals surface area contributed by atoms with Crippen molar-refractivity contribution < 1.29 is 13.2 Å². The van der Waals surface area contributed by atoms with Gasteiger partial charge in [-0.3, -0.25) is 9.17 Å². The Hall–Kier alpha value is -1.30. The van der Waals surface area contributed by atoms with E-state index in [0.29, 0.717) is 10.1 Å². The van der Waals surface area contributed by atoms with Crippen LogP contribution in [0.5, 0.6) is 0 Å². The van der Waals surface area contributed by atoms with Gasteiger partial charge in [0.2, 0.25) is 0 Å². The standard InChI is InChI=1S/C8H4F3NOS/c9-8(10,11)4-1-2-5-6(3-4)14-12-7(5)13/h1-3H,(H,12,13). The Morgan fingerprint density at radius 3 is 2.64 bits per heavy atom. The second kappa shape index (κ2) is 2.84. The van der Waals surface area contributed by atoms with Gasteiger partial charge in [0.25, 0.3) is 5.56 Å². The number of aromatic amines is 1. The highest BCUT2D eigenvalue weighted by Crippen LogP contribution is 2.31. The quantitative estimate of drug-likeness (QED) is 0.725. The molecule has 1 heterocycles. The Labute approximate surface area is 80.1 Å². The van der Waals surface area contributed by atoms with Crippen molar-refractivity contribution >= 4 is 21.6 Å². The lowest BCUT2D eigenvalue weighted by Gasteiger charge is -2.04. The maximum absolute atomic E-state index is 12.2. The lowest BCUT2D eigenvalue weighted by molar-refractivity contribution is -0.137. The molecule has 6 heteroatoms. The van der Waals surface area contributed by atoms with Gasteiger partial charge in [-0.1, -0.05) is 11.5 Å². The van der Waals surface area contributed by atoms with Crippen LogP contribution >= 0.6 is 11.5 Å². The highest BCUT2D eigenvalue weighted by molar-refractivity contribution is 7.13. The molecule has 0 fully saturated rings. The number of H-pyrrole nitrogens is 1. The van der Waals surface area contributed by atoms with Gasteiger partial charge in [0.05, 0.1) is 15.6 Å². The molecule has 0 unspecified atom stereocenters. The summed E-state index contributed by atoms with van der Waals surface area (Å²) >= 11 is 0.907. The van der Waals surface area contributed by atoms with Crippen LogP contribution in [0.15, 0.2) is 23.0 Å². The van der Waals surface area contributed by atoms with Crippen LogP contribution in [0.3, 0.4) is 0 Å². The molecule has 0 spiro atoms. The topological polar surface area (TPSA) is 32.9 Å². The predicted octanol–water partition coefficient (Wildman–Crippen LogP) is 2.61. The summed E-state index contributed by atoms with van der Waals surface area (Å²) in [4.78, 5) is 11.0. The third-order valence-corrected chi connectivity index (χ3v) is 2.65. The number of hydrogen-bond acceptors (Lipinski definition) is 2. The molecule has 1 aromatic carbocycles. The largest absolute Gasteiger partial charge is 0.416 e. The number of nitrogens with one attached hydrogen (secondary N) is 1. The molecule has 1 aromatic heterocycles. The lowest BCUT2D eigenvalue weighted by Crippen LogP contribution is -2.04. The number of hydrogen-bond donors (Lipinski definition) is 1. The molecular formula is C8H4F3NOS. The number of alkyl halides is 3. The summed E-state index contributed by atoms with van der Waals surface area (Å²) in [5, 5.41) is 0.294. The van der Waals surface area contributed by atoms with Crippen molar-refractivity contribution in [3.05, 3.63) is 34.1 Å². The van der Waals surface area contributed by atoms with Gasteiger partial charge < -0.3 is 0 Å². The maximum atomic E-state index is 12.2. The lowest BCUT2D eigenvalue weighted by atomic mass is 10.2. The first-order valence-electron chi connectivity index (χ1n) is 3.67. The van der Waals surface area contributed by atoms with E-state index in [-0.39, 0.29) is 5.56 Å². The van der Waals surface area contributed by atoms with Gasteiger partial charge >= 0.3 is 6.18 Å². The second-order valence-corrected chi connectivity index (χ2v) is 3.59. The summed E-state index contributed by atoms with van der Waals surface area (Å²) < 4.78 is 39.4. The molecule has 0 aliphatic heterocycles. The van der Waals surface area contributed by atoms with Gasteiger partial charge in [-0.05, 0) is 18.2 Å². The number of rotatable bonds is 0. The fraction of sp³-hybridized carbons (Fsp3) is 0.125. The second-order valence-electron chi connectivity index (χ2n) is 2.74. The first-order valence-corrected chi connectivity index (χ1v) is 4.48. The van der Waals surface area contributed by atoms with E-state index in [0.717, 1.165) is 23.7 Å². The van der Waals surface area contributed by atoms with Crippen LogP contribution < -0.4 is 5.56 Å². The van der Waals surface area contributed by atoms with Crippen LogP contribution in [0.25, 0.3) is 10.1 Å². The van der Waals surface area contributed by atoms with Crippen LogP contribution in [0.2, 0.25) is 0 Å². The third kappa shape index (κ3) is 1.41. The molecule has 0 bridgehead atoms. The van der Waals surface area contributed by atoms with E-state index < -0.39 is 11.7 Å². The van der Waals surface area contributed by atoms with E-state index in [2.05, 4.69) is 4.37 Å². The van der Waals surface area contributed by atoms with Crippen molar-refractivity contribution in [3.8, 4) is 0 Å². The smallest absolute Gasteiger partial charge is 0.277 e. The van der Waals surface area contributed by atoms with E-state index >= 15 is 0 Å². The Morgan fingerprint density at radius 1 is 1.29 bits per heavy atom. The summed E-state index contributed by atoms with van der Waals surface area (Å²) in [5.74, 6) is 0. The predicted molar refractivity (Wildman–Crippen MR) is 47.4 cm³/mol. The first-order chi connectivity index (χ1) is 6.48. The number of fused-ring (bicyclic) bond motifs is 1. The number of aromatic nitrogens is 1. The zero-order valence-electron chi connectivity index (χ0n) is 6.68. The van der Waals surface area contributed by atoms with Crippen LogP contribution in [-0.4, -0.2) is 4.37 Å². The van der Waals surface area contributed by atoms with E-state index in [1.54, 1.807) is 0 Å². The molecule has 0 amide bonds. The molecule has 0 aliphatic rings. The van der Waals surface area contributed by atoms with Gasteiger partial charge in [-0.25, -0.2) is 0 Å². The van der Waals surface area contributed by atoms with E-state index in [1.807, 2.05) is 0 Å². The molecule has 0 atom stereocenters. The third-order valence-electron chi connectivity index (χ3n) is 1.81. The molecule has 74 valence electrons. The first kappa shape index (κ1) is 9.26. The van der Waals surface area contributed by atoms with Crippen LogP contribution in [0.4, 0.5) is 13.2 Å². The zero-order chi connectivity index (χ0) is 10.3. The zero-order valence-corrected chi connectivity index (χ0v) is 7.50. The summed E-state index contributed by atoms with van der Waals surface area (Å²) in [6.45, 7) is 0. The van der Waals surface area contributed by atoms with Crippen molar-refractivity contribution in [1.29, 1.82) is 0 Å². The fourth-order valence-corrected chi connectivity index (χ4v) is 1.90. The van der Waals surface area contributed by atoms with Crippen LogP contribution in [-0.2, 0) is 6.18 Å². The van der Waals surface area contributed by atoms with Gasteiger partial charge in [0.15, 0.2) is 0 Å². The molecule has 0 radical (unpaired) electrons. The molecular weight excluding hydrogens is 215 g/mol. The van der Waals surface area contributed by atoms with Crippen LogP contribution in [0, 0.1) is 0 Å². The average molecular weight is 219 g/mol. The Kier molecular flexibility index (Phi) is 1.88. The van der Waals surface area contributed by atoms with Gasteiger partial charge in [0, 0.05) is 0 Å². The van der Waals surface area contributed by atoms with Gasteiger partial charge in [0.1, 0.15) is 0 Å². The average Bonchev–Trinajstić information content (AvgIpc) is 2.46. The summed E-state index contributed by atoms with van der Waals surface area (Å²) in [6.07, 6.45) is -4.36. The molecule has 0 saturated carbocycles. The normalized spacial score (nSPS) is 12.2. The van der Waals surface area contributed by atoms with Crippen molar-refractivity contribution in [1.82, 2.24) is 4.37 Å². The van der Waals surface area contributed by atoms with Gasteiger partial charge in [-0.2, -0.15) is 13.2 Å². The van der Waals surface area contributed by atoms with Crippen molar-refractivity contribution in [2.24, 2.45) is 0 Å². The molecule has 0 saturated heterocycles. The Morgan fingerprint density at radius 2 is 2.00 bits per heavy atom. The molecule has 0 aliphatic carbocycles. The minimum Gasteiger partial charge on any atom is -0.277 e. The van der Waals surface area contributed by atoms with E-state index in [4.69, 9.17) is 0 Å². The maximum Gasteiger partial charge on any atom is 0.416 e. The minimum absolute atomic E-state index is 0.294. The highest BCUT2D eigenvalue weighted by Gasteiger charge is 2.30. The van der Waals surface area contributed by atoms with Crippen molar-refractivity contribution in [3.63, 3.8) is 0 Å². The Bertz CT molecular complexity index is 525.